The molecule has 1 heterocycles. The molecular formula is C20H23ClN4O3. The van der Waals surface area contributed by atoms with Gasteiger partial charge < -0.3 is 9.64 Å². The van der Waals surface area contributed by atoms with Crippen LogP contribution in [0.2, 0.25) is 5.02 Å². The third-order valence-electron chi connectivity index (χ3n) is 4.60. The Balaban J connectivity index is 1.40. The van der Waals surface area contributed by atoms with E-state index in [-0.39, 0.29) is 18.4 Å². The molecule has 0 bridgehead atoms. The Morgan fingerprint density at radius 2 is 1.61 bits per heavy atom. The van der Waals surface area contributed by atoms with Crippen molar-refractivity contribution < 1.29 is 14.3 Å². The number of ether oxygens (including phenoxy) is 1. The number of hydrazine groups is 1. The Morgan fingerprint density at radius 1 is 0.964 bits per heavy atom. The highest BCUT2D eigenvalue weighted by Crippen LogP contribution is 2.20. The first-order valence-corrected chi connectivity index (χ1v) is 9.39. The van der Waals surface area contributed by atoms with E-state index in [1.807, 2.05) is 24.3 Å². The minimum Gasteiger partial charge on any atom is -0.497 e. The molecular weight excluding hydrogens is 380 g/mol. The predicted octanol–water partition coefficient (Wildman–Crippen LogP) is 1.93. The number of carbonyl (C=O) groups is 2. The molecule has 3 rings (SSSR count). The molecule has 7 nitrogen and oxygen atoms in total. The molecule has 0 saturated carbocycles. The van der Waals surface area contributed by atoms with E-state index in [0.717, 1.165) is 37.6 Å². The van der Waals surface area contributed by atoms with Crippen LogP contribution in [0.5, 0.6) is 5.75 Å². The van der Waals surface area contributed by atoms with Gasteiger partial charge in [0.1, 0.15) is 5.75 Å². The van der Waals surface area contributed by atoms with Crippen molar-refractivity contribution in [1.82, 2.24) is 15.8 Å². The molecule has 1 aliphatic rings. The largest absolute Gasteiger partial charge is 0.497 e. The van der Waals surface area contributed by atoms with Gasteiger partial charge in [-0.25, -0.2) is 0 Å². The number of amides is 2. The summed E-state index contributed by atoms with van der Waals surface area (Å²) in [6.45, 7) is 3.43. The van der Waals surface area contributed by atoms with Crippen LogP contribution in [-0.2, 0) is 4.79 Å². The molecule has 0 atom stereocenters. The lowest BCUT2D eigenvalue weighted by atomic mass is 10.2. The number of hydrogen-bond donors (Lipinski definition) is 2. The van der Waals surface area contributed by atoms with Gasteiger partial charge in [-0.3, -0.25) is 25.3 Å². The van der Waals surface area contributed by atoms with Crippen molar-refractivity contribution >= 4 is 29.1 Å². The van der Waals surface area contributed by atoms with Crippen molar-refractivity contribution in [2.75, 3.05) is 44.7 Å². The summed E-state index contributed by atoms with van der Waals surface area (Å²) in [5, 5.41) is 0.550. The van der Waals surface area contributed by atoms with Crippen LogP contribution in [-0.4, -0.2) is 56.5 Å². The van der Waals surface area contributed by atoms with Crippen LogP contribution in [0.1, 0.15) is 10.4 Å². The number of anilines is 1. The van der Waals surface area contributed by atoms with Gasteiger partial charge in [0.15, 0.2) is 0 Å². The van der Waals surface area contributed by atoms with Gasteiger partial charge >= 0.3 is 0 Å². The molecule has 1 saturated heterocycles. The molecule has 0 radical (unpaired) electrons. The quantitative estimate of drug-likeness (QED) is 0.747. The summed E-state index contributed by atoms with van der Waals surface area (Å²) in [5.41, 5.74) is 6.45. The molecule has 0 aliphatic carbocycles. The maximum absolute atomic E-state index is 12.1. The van der Waals surface area contributed by atoms with E-state index in [2.05, 4.69) is 20.7 Å². The number of piperazine rings is 1. The van der Waals surface area contributed by atoms with Crippen molar-refractivity contribution in [3.8, 4) is 5.75 Å². The molecule has 148 valence electrons. The van der Waals surface area contributed by atoms with E-state index in [4.69, 9.17) is 16.3 Å². The van der Waals surface area contributed by atoms with Crippen LogP contribution in [0.15, 0.2) is 48.5 Å². The van der Waals surface area contributed by atoms with E-state index < -0.39 is 0 Å². The van der Waals surface area contributed by atoms with Crippen LogP contribution in [0, 0.1) is 0 Å². The SMILES string of the molecule is COc1ccc(N2CCN(CC(=O)NNC(=O)c3ccc(Cl)cc3)CC2)cc1. The number of halogens is 1. The summed E-state index contributed by atoms with van der Waals surface area (Å²) in [6, 6.07) is 14.4. The van der Waals surface area contributed by atoms with Gasteiger partial charge in [0, 0.05) is 42.5 Å². The Labute approximate surface area is 169 Å². The third kappa shape index (κ3) is 5.37. The Bertz CT molecular complexity index is 803. The first-order chi connectivity index (χ1) is 13.5. The molecule has 28 heavy (non-hydrogen) atoms. The highest BCUT2D eigenvalue weighted by molar-refractivity contribution is 6.30. The summed E-state index contributed by atoms with van der Waals surface area (Å²) < 4.78 is 5.18. The molecule has 2 N–H and O–H groups in total. The van der Waals surface area contributed by atoms with Crippen LogP contribution >= 0.6 is 11.6 Å². The van der Waals surface area contributed by atoms with Gasteiger partial charge in [-0.2, -0.15) is 0 Å². The fourth-order valence-corrected chi connectivity index (χ4v) is 3.13. The minimum absolute atomic E-state index is 0.233. The molecule has 2 aromatic rings. The number of rotatable bonds is 5. The Kier molecular flexibility index (Phi) is 6.73. The fourth-order valence-electron chi connectivity index (χ4n) is 3.00. The lowest BCUT2D eigenvalue weighted by molar-refractivity contribution is -0.123. The maximum atomic E-state index is 12.1. The number of nitrogens with zero attached hydrogens (tertiary/aromatic N) is 2. The van der Waals surface area contributed by atoms with Crippen LogP contribution < -0.4 is 20.5 Å². The molecule has 8 heteroatoms. The standard InChI is InChI=1S/C20H23ClN4O3/c1-28-18-8-6-17(7-9-18)25-12-10-24(11-13-25)14-19(26)22-23-20(27)15-2-4-16(21)5-3-15/h2-9H,10-14H2,1H3,(H,22,26)(H,23,27). The fraction of sp³-hybridized carbons (Fsp3) is 0.300. The average Bonchev–Trinajstić information content (AvgIpc) is 2.73. The second kappa shape index (κ2) is 9.43. The monoisotopic (exact) mass is 402 g/mol. The summed E-state index contributed by atoms with van der Waals surface area (Å²) in [5.74, 6) is 0.203. The first kappa shape index (κ1) is 20.0. The van der Waals surface area contributed by atoms with E-state index in [1.54, 1.807) is 31.4 Å². The summed E-state index contributed by atoms with van der Waals surface area (Å²) >= 11 is 5.80. The van der Waals surface area contributed by atoms with Gasteiger partial charge in [0.05, 0.1) is 13.7 Å². The van der Waals surface area contributed by atoms with Crippen molar-refractivity contribution in [2.24, 2.45) is 0 Å². The molecule has 1 aliphatic heterocycles. The van der Waals surface area contributed by atoms with Crippen molar-refractivity contribution in [1.29, 1.82) is 0 Å². The molecule has 2 aromatic carbocycles. The van der Waals surface area contributed by atoms with E-state index in [0.29, 0.717) is 10.6 Å². The zero-order valence-electron chi connectivity index (χ0n) is 15.7. The first-order valence-electron chi connectivity index (χ1n) is 9.01. The molecule has 0 aromatic heterocycles. The second-order valence-corrected chi connectivity index (χ2v) is 6.91. The number of hydrogen-bond acceptors (Lipinski definition) is 5. The number of carbonyl (C=O) groups excluding carboxylic acids is 2. The maximum Gasteiger partial charge on any atom is 0.269 e. The number of methoxy groups -OCH3 is 1. The van der Waals surface area contributed by atoms with Crippen molar-refractivity contribution in [2.45, 2.75) is 0 Å². The average molecular weight is 403 g/mol. The van der Waals surface area contributed by atoms with Crippen LogP contribution in [0.25, 0.3) is 0 Å². The van der Waals surface area contributed by atoms with Crippen molar-refractivity contribution in [3.05, 3.63) is 59.1 Å². The van der Waals surface area contributed by atoms with E-state index in [1.165, 1.54) is 0 Å². The lowest BCUT2D eigenvalue weighted by Crippen LogP contribution is -2.51. The molecule has 2 amide bonds. The lowest BCUT2D eigenvalue weighted by Gasteiger charge is -2.35. The summed E-state index contributed by atoms with van der Waals surface area (Å²) in [7, 11) is 1.65. The second-order valence-electron chi connectivity index (χ2n) is 6.47. The summed E-state index contributed by atoms with van der Waals surface area (Å²) in [4.78, 5) is 28.4. The van der Waals surface area contributed by atoms with Crippen molar-refractivity contribution in [3.63, 3.8) is 0 Å². The highest BCUT2D eigenvalue weighted by atomic mass is 35.5. The summed E-state index contributed by atoms with van der Waals surface area (Å²) in [6.07, 6.45) is 0. The zero-order chi connectivity index (χ0) is 19.9. The van der Waals surface area contributed by atoms with Gasteiger partial charge in [0.25, 0.3) is 11.8 Å². The Hall–Kier alpha value is -2.77. The number of benzene rings is 2. The van der Waals surface area contributed by atoms with Gasteiger partial charge in [0.2, 0.25) is 0 Å². The molecule has 0 unspecified atom stereocenters. The highest BCUT2D eigenvalue weighted by Gasteiger charge is 2.19. The van der Waals surface area contributed by atoms with E-state index >= 15 is 0 Å². The zero-order valence-corrected chi connectivity index (χ0v) is 16.4. The third-order valence-corrected chi connectivity index (χ3v) is 4.85. The number of nitrogens with one attached hydrogen (secondary N) is 2. The van der Waals surface area contributed by atoms with Crippen LogP contribution in [0.3, 0.4) is 0 Å². The predicted molar refractivity (Wildman–Crippen MR) is 109 cm³/mol. The van der Waals surface area contributed by atoms with Gasteiger partial charge in [-0.05, 0) is 48.5 Å². The van der Waals surface area contributed by atoms with Gasteiger partial charge in [-0.15, -0.1) is 0 Å². The topological polar surface area (TPSA) is 73.9 Å². The minimum atomic E-state index is -0.380. The van der Waals surface area contributed by atoms with Gasteiger partial charge in [-0.1, -0.05) is 11.6 Å². The van der Waals surface area contributed by atoms with Crippen LogP contribution in [0.4, 0.5) is 5.69 Å². The molecule has 1 fully saturated rings. The smallest absolute Gasteiger partial charge is 0.269 e. The Morgan fingerprint density at radius 3 is 2.21 bits per heavy atom. The van der Waals surface area contributed by atoms with E-state index in [9.17, 15) is 9.59 Å². The normalized spacial score (nSPS) is 14.4. The molecule has 0 spiro atoms.